The van der Waals surface area contributed by atoms with E-state index >= 15 is 0 Å². The predicted octanol–water partition coefficient (Wildman–Crippen LogP) is 4.11. The zero-order valence-electron chi connectivity index (χ0n) is 15.5. The Morgan fingerprint density at radius 1 is 1.14 bits per heavy atom. The van der Waals surface area contributed by atoms with E-state index in [-0.39, 0.29) is 18.0 Å². The Bertz CT molecular complexity index is 1020. The fraction of sp³-hybridized carbons (Fsp3) is 0.421. The van der Waals surface area contributed by atoms with Crippen LogP contribution >= 0.6 is 0 Å². The van der Waals surface area contributed by atoms with Crippen molar-refractivity contribution in [3.05, 3.63) is 58.7 Å². The lowest BCUT2D eigenvalue weighted by Crippen LogP contribution is -2.34. The summed E-state index contributed by atoms with van der Waals surface area (Å²) in [6.07, 6.45) is -1.90. The van der Waals surface area contributed by atoms with E-state index in [4.69, 9.17) is 0 Å². The van der Waals surface area contributed by atoms with Crippen molar-refractivity contribution in [1.29, 1.82) is 0 Å². The Hall–Kier alpha value is -2.62. The largest absolute Gasteiger partial charge is 0.422 e. The maximum atomic E-state index is 13.9. The number of hydrogen-bond donors (Lipinski definition) is 0. The lowest BCUT2D eigenvalue weighted by Gasteiger charge is -2.33. The number of halogens is 5. The molecule has 1 atom stereocenters. The second-order valence-electron chi connectivity index (χ2n) is 7.30. The third-order valence-electron chi connectivity index (χ3n) is 5.12. The number of nitrogens with zero attached hydrogens (tertiary/aromatic N) is 5. The molecule has 5 nitrogen and oxygen atoms in total. The SMILES string of the molecule is Cc1cc(C2CCCN(Cc3cc(F)c(C(F)(F)F)c(F)c3)C2)n2ncnc2n1. The van der Waals surface area contributed by atoms with Gasteiger partial charge in [0.15, 0.2) is 0 Å². The van der Waals surface area contributed by atoms with Gasteiger partial charge in [-0.2, -0.15) is 23.3 Å². The topological polar surface area (TPSA) is 46.3 Å². The second kappa shape index (κ2) is 7.33. The van der Waals surface area contributed by atoms with Gasteiger partial charge in [-0.1, -0.05) is 0 Å². The molecule has 0 saturated carbocycles. The minimum absolute atomic E-state index is 0.0961. The standard InChI is InChI=1S/C19H18F5N5/c1-11-5-16(29-18(27-11)25-10-26-29)13-3-2-4-28(9-13)8-12-6-14(20)17(15(21)7-12)19(22,23)24/h5-7,10,13H,2-4,8-9H2,1H3. The minimum atomic E-state index is -5.06. The number of hydrogen-bond acceptors (Lipinski definition) is 4. The molecule has 1 aliphatic heterocycles. The van der Waals surface area contributed by atoms with Crippen LogP contribution in [0.1, 0.15) is 41.3 Å². The van der Waals surface area contributed by atoms with E-state index in [1.165, 1.54) is 6.33 Å². The Kier molecular flexibility index (Phi) is 4.97. The van der Waals surface area contributed by atoms with Crippen LogP contribution in [0.5, 0.6) is 0 Å². The molecule has 10 heteroatoms. The van der Waals surface area contributed by atoms with Crippen LogP contribution in [-0.2, 0) is 12.7 Å². The maximum Gasteiger partial charge on any atom is 0.422 e. The van der Waals surface area contributed by atoms with E-state index in [2.05, 4.69) is 15.1 Å². The van der Waals surface area contributed by atoms with Gasteiger partial charge < -0.3 is 0 Å². The molecule has 1 saturated heterocycles. The van der Waals surface area contributed by atoms with Crippen molar-refractivity contribution in [1.82, 2.24) is 24.5 Å². The molecule has 1 unspecified atom stereocenters. The van der Waals surface area contributed by atoms with Gasteiger partial charge >= 0.3 is 6.18 Å². The number of piperidine rings is 1. The molecule has 2 aromatic heterocycles. The summed E-state index contributed by atoms with van der Waals surface area (Å²) in [5.74, 6) is -2.58. The minimum Gasteiger partial charge on any atom is -0.298 e. The lowest BCUT2D eigenvalue weighted by molar-refractivity contribution is -0.142. The molecule has 1 fully saturated rings. The molecule has 0 spiro atoms. The quantitative estimate of drug-likeness (QED) is 0.609. The Morgan fingerprint density at radius 3 is 2.55 bits per heavy atom. The molecular weight excluding hydrogens is 393 g/mol. The van der Waals surface area contributed by atoms with E-state index in [1.807, 2.05) is 17.9 Å². The maximum absolute atomic E-state index is 13.9. The van der Waals surface area contributed by atoms with Gasteiger partial charge in [0, 0.05) is 24.7 Å². The first kappa shape index (κ1) is 19.7. The Labute approximate surface area is 163 Å². The summed E-state index contributed by atoms with van der Waals surface area (Å²) in [4.78, 5) is 10.4. The number of aromatic nitrogens is 4. The van der Waals surface area contributed by atoms with Crippen LogP contribution in [0.2, 0.25) is 0 Å². The molecule has 1 aliphatic rings. The first-order valence-electron chi connectivity index (χ1n) is 9.17. The van der Waals surface area contributed by atoms with Crippen molar-refractivity contribution < 1.29 is 22.0 Å². The van der Waals surface area contributed by atoms with Crippen molar-refractivity contribution in [3.63, 3.8) is 0 Å². The van der Waals surface area contributed by atoms with Gasteiger partial charge in [0.1, 0.15) is 23.5 Å². The number of likely N-dealkylation sites (tertiary alicyclic amines) is 1. The smallest absolute Gasteiger partial charge is 0.298 e. The third-order valence-corrected chi connectivity index (χ3v) is 5.12. The van der Waals surface area contributed by atoms with Gasteiger partial charge in [0.25, 0.3) is 5.78 Å². The van der Waals surface area contributed by atoms with Crippen LogP contribution in [0.15, 0.2) is 24.5 Å². The van der Waals surface area contributed by atoms with E-state index in [9.17, 15) is 22.0 Å². The van der Waals surface area contributed by atoms with Gasteiger partial charge in [-0.25, -0.2) is 18.3 Å². The summed E-state index contributed by atoms with van der Waals surface area (Å²) in [6.45, 7) is 3.30. The predicted molar refractivity (Wildman–Crippen MR) is 94.1 cm³/mol. The molecule has 154 valence electrons. The van der Waals surface area contributed by atoms with Crippen LogP contribution in [0.25, 0.3) is 5.78 Å². The highest BCUT2D eigenvalue weighted by atomic mass is 19.4. The van der Waals surface area contributed by atoms with Crippen molar-refractivity contribution in [2.24, 2.45) is 0 Å². The molecule has 3 aromatic rings. The Balaban J connectivity index is 1.56. The third kappa shape index (κ3) is 3.93. The Morgan fingerprint density at radius 2 is 1.86 bits per heavy atom. The van der Waals surface area contributed by atoms with Gasteiger partial charge in [-0.3, -0.25) is 4.90 Å². The van der Waals surface area contributed by atoms with E-state index in [0.29, 0.717) is 18.9 Å². The molecule has 0 N–H and O–H groups in total. The normalized spacial score (nSPS) is 18.5. The van der Waals surface area contributed by atoms with Crippen molar-refractivity contribution in [2.75, 3.05) is 13.1 Å². The van der Waals surface area contributed by atoms with Gasteiger partial charge in [0.2, 0.25) is 0 Å². The zero-order chi connectivity index (χ0) is 20.8. The first-order chi connectivity index (χ1) is 13.7. The summed E-state index contributed by atoms with van der Waals surface area (Å²) in [6, 6.07) is 3.47. The van der Waals surface area contributed by atoms with Crippen molar-refractivity contribution in [3.8, 4) is 0 Å². The average Bonchev–Trinajstić information content (AvgIpc) is 3.07. The first-order valence-corrected chi connectivity index (χ1v) is 9.17. The van der Waals surface area contributed by atoms with Crippen LogP contribution in [-0.4, -0.2) is 37.6 Å². The van der Waals surface area contributed by atoms with Crippen molar-refractivity contribution in [2.45, 2.75) is 38.4 Å². The molecule has 29 heavy (non-hydrogen) atoms. The summed E-state index contributed by atoms with van der Waals surface area (Å²) in [7, 11) is 0. The number of fused-ring (bicyclic) bond motifs is 1. The van der Waals surface area contributed by atoms with Gasteiger partial charge in [0.05, 0.1) is 5.69 Å². The van der Waals surface area contributed by atoms with Crippen molar-refractivity contribution >= 4 is 5.78 Å². The van der Waals surface area contributed by atoms with Gasteiger partial charge in [-0.05, 0) is 50.1 Å². The zero-order valence-corrected chi connectivity index (χ0v) is 15.5. The molecule has 0 aliphatic carbocycles. The molecule has 4 rings (SSSR count). The second-order valence-corrected chi connectivity index (χ2v) is 7.30. The molecule has 1 aromatic carbocycles. The van der Waals surface area contributed by atoms with Crippen LogP contribution < -0.4 is 0 Å². The van der Waals surface area contributed by atoms with Crippen LogP contribution in [0, 0.1) is 18.6 Å². The average molecular weight is 411 g/mol. The number of benzene rings is 1. The van der Waals surface area contributed by atoms with E-state index in [0.717, 1.165) is 36.4 Å². The fourth-order valence-corrected chi connectivity index (χ4v) is 3.94. The summed E-state index contributed by atoms with van der Waals surface area (Å²) >= 11 is 0. The summed E-state index contributed by atoms with van der Waals surface area (Å²) < 4.78 is 67.7. The number of aryl methyl sites for hydroxylation is 1. The van der Waals surface area contributed by atoms with Crippen LogP contribution in [0.3, 0.4) is 0 Å². The molecule has 3 heterocycles. The highest BCUT2D eigenvalue weighted by Crippen LogP contribution is 2.34. The fourth-order valence-electron chi connectivity index (χ4n) is 3.94. The lowest BCUT2D eigenvalue weighted by atomic mass is 9.93. The summed E-state index contributed by atoms with van der Waals surface area (Å²) in [5, 5.41) is 4.22. The highest BCUT2D eigenvalue weighted by molar-refractivity contribution is 5.32. The van der Waals surface area contributed by atoms with Gasteiger partial charge in [-0.15, -0.1) is 0 Å². The van der Waals surface area contributed by atoms with E-state index in [1.54, 1.807) is 4.52 Å². The molecule has 0 radical (unpaired) electrons. The number of alkyl halides is 3. The molecule has 0 bridgehead atoms. The molecular formula is C19H18F5N5. The van der Waals surface area contributed by atoms with E-state index < -0.39 is 23.4 Å². The highest BCUT2D eigenvalue weighted by Gasteiger charge is 2.38. The van der Waals surface area contributed by atoms with Crippen LogP contribution in [0.4, 0.5) is 22.0 Å². The summed E-state index contributed by atoms with van der Waals surface area (Å²) in [5.41, 5.74) is 0.0769. The molecule has 0 amide bonds. The number of rotatable bonds is 3. The monoisotopic (exact) mass is 411 g/mol.